The molecule has 28 heavy (non-hydrogen) atoms. The molecule has 0 saturated heterocycles. The molecule has 0 aliphatic heterocycles. The van der Waals surface area contributed by atoms with E-state index in [2.05, 4.69) is 21.6 Å². The molecule has 0 bridgehead atoms. The zero-order valence-electron chi connectivity index (χ0n) is 15.1. The van der Waals surface area contributed by atoms with Gasteiger partial charge < -0.3 is 9.15 Å². The lowest BCUT2D eigenvalue weighted by atomic mass is 10.3. The quantitative estimate of drug-likeness (QED) is 0.327. The van der Waals surface area contributed by atoms with Crippen LogP contribution >= 0.6 is 23.1 Å². The number of carbonyl (C=O) groups is 1. The van der Waals surface area contributed by atoms with Crippen LogP contribution in [0, 0.1) is 0 Å². The van der Waals surface area contributed by atoms with Gasteiger partial charge in [0.2, 0.25) is 0 Å². The summed E-state index contributed by atoms with van der Waals surface area (Å²) in [5.41, 5.74) is 1.42. The van der Waals surface area contributed by atoms with Crippen LogP contribution in [0.2, 0.25) is 0 Å². The van der Waals surface area contributed by atoms with Gasteiger partial charge in [0, 0.05) is 17.0 Å². The Morgan fingerprint density at radius 3 is 2.79 bits per heavy atom. The van der Waals surface area contributed by atoms with Crippen LogP contribution in [0.15, 0.2) is 69.7 Å². The molecule has 6 nitrogen and oxygen atoms in total. The molecule has 4 rings (SSSR count). The van der Waals surface area contributed by atoms with Gasteiger partial charge in [-0.3, -0.25) is 4.57 Å². The number of esters is 1. The minimum absolute atomic E-state index is 0.410. The second-order valence-electron chi connectivity index (χ2n) is 5.86. The molecule has 8 heteroatoms. The molecule has 0 saturated carbocycles. The van der Waals surface area contributed by atoms with E-state index >= 15 is 0 Å². The summed E-state index contributed by atoms with van der Waals surface area (Å²) < 4.78 is 12.3. The number of nitrogens with zero attached hydrogens (tertiary/aromatic N) is 3. The van der Waals surface area contributed by atoms with Crippen molar-refractivity contribution in [2.75, 3.05) is 7.11 Å². The first-order valence-electron chi connectivity index (χ1n) is 8.56. The number of para-hydroxylation sites is 1. The minimum atomic E-state index is -0.410. The summed E-state index contributed by atoms with van der Waals surface area (Å²) in [6, 6.07) is 15.7. The molecule has 0 radical (unpaired) electrons. The fourth-order valence-corrected chi connectivity index (χ4v) is 4.41. The molecule has 0 spiro atoms. The predicted molar refractivity (Wildman–Crippen MR) is 108 cm³/mol. The van der Waals surface area contributed by atoms with Crippen molar-refractivity contribution in [1.29, 1.82) is 0 Å². The van der Waals surface area contributed by atoms with Crippen LogP contribution in [0.1, 0.15) is 26.8 Å². The summed E-state index contributed by atoms with van der Waals surface area (Å²) in [6.07, 6.45) is 2.20. The average Bonchev–Trinajstić information content (AvgIpc) is 3.48. The van der Waals surface area contributed by atoms with Crippen LogP contribution in [-0.4, -0.2) is 27.8 Å². The summed E-state index contributed by atoms with van der Waals surface area (Å²) in [5.74, 6) is 1.46. The van der Waals surface area contributed by atoms with Gasteiger partial charge in [0.25, 0.3) is 0 Å². The topological polar surface area (TPSA) is 70.2 Å². The Morgan fingerprint density at radius 1 is 1.18 bits per heavy atom. The third-order valence-electron chi connectivity index (χ3n) is 4.11. The molecule has 0 fully saturated rings. The largest absolute Gasteiger partial charge is 0.468 e. The van der Waals surface area contributed by atoms with Crippen LogP contribution in [0.4, 0.5) is 0 Å². The van der Waals surface area contributed by atoms with Crippen molar-refractivity contribution < 1.29 is 13.9 Å². The van der Waals surface area contributed by atoms with Gasteiger partial charge in [0.15, 0.2) is 5.16 Å². The van der Waals surface area contributed by atoms with E-state index in [1.54, 1.807) is 17.4 Å². The van der Waals surface area contributed by atoms with Crippen LogP contribution in [0.3, 0.4) is 0 Å². The fourth-order valence-electron chi connectivity index (χ4n) is 2.79. The van der Waals surface area contributed by atoms with Gasteiger partial charge in [-0.05, 0) is 29.6 Å². The van der Waals surface area contributed by atoms with Crippen LogP contribution in [0.25, 0.3) is 5.69 Å². The number of ether oxygens (including phenoxy) is 1. The van der Waals surface area contributed by atoms with E-state index in [0.717, 1.165) is 16.7 Å². The summed E-state index contributed by atoms with van der Waals surface area (Å²) in [4.78, 5) is 13.1. The zero-order valence-corrected chi connectivity index (χ0v) is 16.7. The smallest absolute Gasteiger partial charge is 0.341 e. The third kappa shape index (κ3) is 3.88. The Kier molecular flexibility index (Phi) is 5.59. The monoisotopic (exact) mass is 411 g/mol. The first kappa shape index (κ1) is 18.5. The van der Waals surface area contributed by atoms with E-state index in [9.17, 15) is 4.79 Å². The van der Waals surface area contributed by atoms with Crippen molar-refractivity contribution in [3.8, 4) is 5.69 Å². The van der Waals surface area contributed by atoms with Gasteiger partial charge in [0.1, 0.15) is 17.1 Å². The van der Waals surface area contributed by atoms with E-state index in [0.29, 0.717) is 23.5 Å². The number of carbonyl (C=O) groups excluding carboxylic acids is 1. The third-order valence-corrected chi connectivity index (χ3v) is 5.92. The molecule has 0 N–H and O–H groups in total. The highest BCUT2D eigenvalue weighted by molar-refractivity contribution is 7.98. The Morgan fingerprint density at radius 2 is 2.04 bits per heavy atom. The molecule has 4 aromatic rings. The number of methoxy groups -OCH3 is 1. The second-order valence-corrected chi connectivity index (χ2v) is 7.84. The Hall–Kier alpha value is -2.84. The van der Waals surface area contributed by atoms with E-state index < -0.39 is 5.97 Å². The lowest BCUT2D eigenvalue weighted by Crippen LogP contribution is -2.04. The van der Waals surface area contributed by atoms with Crippen molar-refractivity contribution in [1.82, 2.24) is 14.8 Å². The van der Waals surface area contributed by atoms with E-state index in [-0.39, 0.29) is 0 Å². The molecule has 3 heterocycles. The lowest BCUT2D eigenvalue weighted by molar-refractivity contribution is 0.0598. The molecule has 0 unspecified atom stereocenters. The van der Waals surface area contributed by atoms with Gasteiger partial charge in [-0.2, -0.15) is 0 Å². The van der Waals surface area contributed by atoms with Gasteiger partial charge >= 0.3 is 5.97 Å². The van der Waals surface area contributed by atoms with Crippen molar-refractivity contribution in [2.24, 2.45) is 0 Å². The van der Waals surface area contributed by atoms with Gasteiger partial charge in [-0.1, -0.05) is 36.0 Å². The number of hydrogen-bond donors (Lipinski definition) is 0. The zero-order chi connectivity index (χ0) is 19.3. The highest BCUT2D eigenvalue weighted by atomic mass is 32.2. The maximum atomic E-state index is 11.9. The molecule has 0 atom stereocenters. The fraction of sp³-hybridized carbons (Fsp3) is 0.150. The van der Waals surface area contributed by atoms with Gasteiger partial charge in [-0.25, -0.2) is 4.79 Å². The number of rotatable bonds is 7. The second kappa shape index (κ2) is 8.45. The standard InChI is InChI=1S/C20H17N3O3S2/c1-25-19(24)16-9-10-26-17(16)13-28-20-22-21-18(12-15-8-5-11-27-15)23(20)14-6-3-2-4-7-14/h2-11H,12-13H2,1H3. The number of thiophene rings is 1. The van der Waals surface area contributed by atoms with Crippen LogP contribution in [0.5, 0.6) is 0 Å². The van der Waals surface area contributed by atoms with Crippen molar-refractivity contribution >= 4 is 29.1 Å². The number of hydrogen-bond acceptors (Lipinski definition) is 7. The van der Waals surface area contributed by atoms with Crippen LogP contribution in [-0.2, 0) is 16.9 Å². The molecule has 1 aromatic carbocycles. The Balaban J connectivity index is 1.63. The molecule has 0 aliphatic carbocycles. The number of furan rings is 1. The number of thioether (sulfide) groups is 1. The summed E-state index contributed by atoms with van der Waals surface area (Å²) in [7, 11) is 1.36. The van der Waals surface area contributed by atoms with Crippen molar-refractivity contribution in [3.05, 3.63) is 82.2 Å². The highest BCUT2D eigenvalue weighted by Crippen LogP contribution is 2.28. The SMILES string of the molecule is COC(=O)c1ccoc1CSc1nnc(Cc2cccs2)n1-c1ccccc1. The molecular weight excluding hydrogens is 394 g/mol. The predicted octanol–water partition coefficient (Wildman–Crippen LogP) is 4.59. The minimum Gasteiger partial charge on any atom is -0.468 e. The number of aromatic nitrogens is 3. The molecular formula is C20H17N3O3S2. The van der Waals surface area contributed by atoms with Gasteiger partial charge in [0.05, 0.1) is 19.1 Å². The van der Waals surface area contributed by atoms with E-state index in [1.807, 2.05) is 41.0 Å². The summed E-state index contributed by atoms with van der Waals surface area (Å²) in [6.45, 7) is 0. The average molecular weight is 412 g/mol. The van der Waals surface area contributed by atoms with E-state index in [4.69, 9.17) is 9.15 Å². The molecule has 3 aromatic heterocycles. The normalized spacial score (nSPS) is 10.9. The summed E-state index contributed by atoms with van der Waals surface area (Å²) in [5, 5.41) is 11.6. The van der Waals surface area contributed by atoms with Crippen LogP contribution < -0.4 is 0 Å². The van der Waals surface area contributed by atoms with Gasteiger partial charge in [-0.15, -0.1) is 21.5 Å². The Labute approximate surface area is 170 Å². The maximum Gasteiger partial charge on any atom is 0.341 e. The number of benzene rings is 1. The molecule has 0 amide bonds. The first-order valence-corrected chi connectivity index (χ1v) is 10.4. The first-order chi connectivity index (χ1) is 13.8. The molecule has 0 aliphatic rings. The van der Waals surface area contributed by atoms with Crippen molar-refractivity contribution in [3.63, 3.8) is 0 Å². The molecule has 142 valence electrons. The van der Waals surface area contributed by atoms with E-state index in [1.165, 1.54) is 30.0 Å². The maximum absolute atomic E-state index is 11.9. The van der Waals surface area contributed by atoms with Crippen molar-refractivity contribution in [2.45, 2.75) is 17.3 Å². The lowest BCUT2D eigenvalue weighted by Gasteiger charge is -2.09. The Bertz CT molecular complexity index is 1060. The highest BCUT2D eigenvalue weighted by Gasteiger charge is 2.19. The summed E-state index contributed by atoms with van der Waals surface area (Å²) >= 11 is 3.16.